The molecule has 2 fully saturated rings. The lowest BCUT2D eigenvalue weighted by atomic mass is 10.1. The molecule has 1 aliphatic carbocycles. The number of carbonyl (C=O) groups is 1. The van der Waals surface area contributed by atoms with Crippen LogP contribution in [0.1, 0.15) is 39.0 Å². The van der Waals surface area contributed by atoms with Crippen LogP contribution in [0.2, 0.25) is 0 Å². The van der Waals surface area contributed by atoms with Crippen LogP contribution in [0, 0.1) is 5.92 Å². The van der Waals surface area contributed by atoms with Crippen molar-refractivity contribution in [2.45, 2.75) is 45.1 Å². The highest BCUT2D eigenvalue weighted by molar-refractivity contribution is 5.80. The molecular weight excluding hydrogens is 226 g/mol. The second kappa shape index (κ2) is 7.10. The van der Waals surface area contributed by atoms with E-state index in [1.165, 1.54) is 38.9 Å². The average molecular weight is 253 g/mol. The average Bonchev–Trinajstić information content (AvgIpc) is 3.21. The first kappa shape index (κ1) is 13.8. The summed E-state index contributed by atoms with van der Waals surface area (Å²) >= 11 is 0. The molecule has 4 heteroatoms. The lowest BCUT2D eigenvalue weighted by molar-refractivity contribution is -0.122. The molecule has 18 heavy (non-hydrogen) atoms. The second-order valence-corrected chi connectivity index (χ2v) is 5.64. The van der Waals surface area contributed by atoms with Crippen LogP contribution < -0.4 is 10.6 Å². The van der Waals surface area contributed by atoms with Crippen molar-refractivity contribution in [1.29, 1.82) is 0 Å². The first-order chi connectivity index (χ1) is 8.79. The summed E-state index contributed by atoms with van der Waals surface area (Å²) in [6.45, 7) is 7.62. The summed E-state index contributed by atoms with van der Waals surface area (Å²) in [4.78, 5) is 14.0. The third-order valence-electron chi connectivity index (χ3n) is 3.93. The fourth-order valence-corrected chi connectivity index (χ4v) is 2.63. The zero-order valence-electron chi connectivity index (χ0n) is 11.6. The predicted octanol–water partition coefficient (Wildman–Crippen LogP) is 0.977. The molecule has 1 saturated heterocycles. The van der Waals surface area contributed by atoms with Gasteiger partial charge in [-0.1, -0.05) is 6.92 Å². The van der Waals surface area contributed by atoms with Crippen molar-refractivity contribution in [2.75, 3.05) is 32.7 Å². The Hall–Kier alpha value is -0.610. The van der Waals surface area contributed by atoms with E-state index in [1.807, 2.05) is 0 Å². The summed E-state index contributed by atoms with van der Waals surface area (Å²) in [7, 11) is 0. The molecule has 2 N–H and O–H groups in total. The lowest BCUT2D eigenvalue weighted by Crippen LogP contribution is -2.44. The molecule has 1 amide bonds. The second-order valence-electron chi connectivity index (χ2n) is 5.64. The summed E-state index contributed by atoms with van der Waals surface area (Å²) in [5.74, 6) is 0.594. The van der Waals surface area contributed by atoms with Crippen LogP contribution in [0.4, 0.5) is 0 Å². The molecular formula is C14H27N3O. The van der Waals surface area contributed by atoms with Gasteiger partial charge < -0.3 is 15.5 Å². The molecule has 1 aliphatic heterocycles. The summed E-state index contributed by atoms with van der Waals surface area (Å²) in [6.07, 6.45) is 5.93. The third-order valence-corrected chi connectivity index (χ3v) is 3.93. The molecule has 2 aliphatic rings. The van der Waals surface area contributed by atoms with Crippen molar-refractivity contribution in [3.05, 3.63) is 0 Å². The first-order valence-corrected chi connectivity index (χ1v) is 7.53. The molecule has 104 valence electrons. The number of piperidine rings is 1. The largest absolute Gasteiger partial charge is 0.355 e. The quantitative estimate of drug-likeness (QED) is 0.665. The highest BCUT2D eigenvalue weighted by Crippen LogP contribution is 2.28. The Bertz CT molecular complexity index is 258. The van der Waals surface area contributed by atoms with Crippen LogP contribution in [-0.4, -0.2) is 49.6 Å². The van der Waals surface area contributed by atoms with Gasteiger partial charge in [0, 0.05) is 25.0 Å². The van der Waals surface area contributed by atoms with E-state index in [0.717, 1.165) is 25.9 Å². The summed E-state index contributed by atoms with van der Waals surface area (Å²) in [5.41, 5.74) is 0. The minimum Gasteiger partial charge on any atom is -0.355 e. The molecule has 0 aromatic heterocycles. The number of amides is 1. The molecule has 0 radical (unpaired) electrons. The van der Waals surface area contributed by atoms with Gasteiger partial charge in [-0.3, -0.25) is 4.79 Å². The van der Waals surface area contributed by atoms with Crippen molar-refractivity contribution in [3.63, 3.8) is 0 Å². The van der Waals surface area contributed by atoms with Crippen LogP contribution in [-0.2, 0) is 4.79 Å². The van der Waals surface area contributed by atoms with Crippen LogP contribution >= 0.6 is 0 Å². The van der Waals surface area contributed by atoms with Gasteiger partial charge in [0.15, 0.2) is 0 Å². The Morgan fingerprint density at radius 1 is 1.17 bits per heavy atom. The van der Waals surface area contributed by atoms with Crippen molar-refractivity contribution >= 4 is 5.91 Å². The number of nitrogens with one attached hydrogen (secondary N) is 2. The van der Waals surface area contributed by atoms with E-state index < -0.39 is 0 Å². The van der Waals surface area contributed by atoms with Gasteiger partial charge in [0.05, 0.1) is 0 Å². The molecule has 0 aromatic rings. The predicted molar refractivity (Wildman–Crippen MR) is 73.5 cm³/mol. The molecule has 4 nitrogen and oxygen atoms in total. The summed E-state index contributed by atoms with van der Waals surface area (Å²) < 4.78 is 0. The molecule has 0 aromatic carbocycles. The fourth-order valence-electron chi connectivity index (χ4n) is 2.63. The third kappa shape index (κ3) is 4.58. The van der Waals surface area contributed by atoms with Gasteiger partial charge in [0.1, 0.15) is 0 Å². The van der Waals surface area contributed by atoms with E-state index >= 15 is 0 Å². The Kier molecular flexibility index (Phi) is 5.45. The number of carbonyl (C=O) groups excluding carboxylic acids is 1. The van der Waals surface area contributed by atoms with E-state index in [2.05, 4.69) is 22.5 Å². The normalized spacial score (nSPS) is 22.1. The zero-order chi connectivity index (χ0) is 12.8. The fraction of sp³-hybridized carbons (Fsp3) is 0.929. The Balaban J connectivity index is 1.48. The Morgan fingerprint density at radius 3 is 2.50 bits per heavy atom. The van der Waals surface area contributed by atoms with Crippen molar-refractivity contribution in [1.82, 2.24) is 15.5 Å². The number of hydrogen-bond donors (Lipinski definition) is 2. The number of likely N-dealkylation sites (tertiary alicyclic amines) is 1. The lowest BCUT2D eigenvalue weighted by Gasteiger charge is -2.32. The molecule has 0 atom stereocenters. The standard InChI is InChI=1S/C14H27N3O/c1-2-9-17-10-5-13(6-11-17)15-7-8-16-14(18)12-3-4-12/h12-13,15H,2-11H2,1H3,(H,16,18). The number of hydrogen-bond acceptors (Lipinski definition) is 3. The maximum absolute atomic E-state index is 11.4. The van der Waals surface area contributed by atoms with Crippen molar-refractivity contribution in [3.8, 4) is 0 Å². The van der Waals surface area contributed by atoms with Gasteiger partial charge >= 0.3 is 0 Å². The summed E-state index contributed by atoms with van der Waals surface area (Å²) in [5, 5.41) is 6.56. The SMILES string of the molecule is CCCN1CCC(NCCNC(=O)C2CC2)CC1. The van der Waals surface area contributed by atoms with E-state index in [9.17, 15) is 4.79 Å². The minimum atomic E-state index is 0.259. The van der Waals surface area contributed by atoms with Gasteiger partial charge in [0.2, 0.25) is 5.91 Å². The summed E-state index contributed by atoms with van der Waals surface area (Å²) in [6, 6.07) is 0.649. The van der Waals surface area contributed by atoms with Gasteiger partial charge in [-0.15, -0.1) is 0 Å². The van der Waals surface area contributed by atoms with E-state index in [0.29, 0.717) is 12.0 Å². The number of nitrogens with zero attached hydrogens (tertiary/aromatic N) is 1. The van der Waals surface area contributed by atoms with Gasteiger partial charge in [-0.05, 0) is 51.7 Å². The van der Waals surface area contributed by atoms with E-state index in [1.54, 1.807) is 0 Å². The molecule has 0 spiro atoms. The number of rotatable bonds is 7. The van der Waals surface area contributed by atoms with Gasteiger partial charge in [-0.25, -0.2) is 0 Å². The van der Waals surface area contributed by atoms with Crippen LogP contribution in [0.3, 0.4) is 0 Å². The maximum Gasteiger partial charge on any atom is 0.223 e. The molecule has 1 saturated carbocycles. The Labute approximate surface area is 110 Å². The topological polar surface area (TPSA) is 44.4 Å². The van der Waals surface area contributed by atoms with Crippen LogP contribution in [0.15, 0.2) is 0 Å². The first-order valence-electron chi connectivity index (χ1n) is 7.53. The van der Waals surface area contributed by atoms with E-state index in [4.69, 9.17) is 0 Å². The monoisotopic (exact) mass is 253 g/mol. The highest BCUT2D eigenvalue weighted by atomic mass is 16.2. The highest BCUT2D eigenvalue weighted by Gasteiger charge is 2.29. The molecule has 1 heterocycles. The van der Waals surface area contributed by atoms with Crippen molar-refractivity contribution < 1.29 is 4.79 Å². The van der Waals surface area contributed by atoms with Crippen LogP contribution in [0.25, 0.3) is 0 Å². The minimum absolute atomic E-state index is 0.259. The maximum atomic E-state index is 11.4. The van der Waals surface area contributed by atoms with Crippen molar-refractivity contribution in [2.24, 2.45) is 5.92 Å². The Morgan fingerprint density at radius 2 is 1.89 bits per heavy atom. The molecule has 2 rings (SSSR count). The zero-order valence-corrected chi connectivity index (χ0v) is 11.6. The van der Waals surface area contributed by atoms with Gasteiger partial charge in [0.25, 0.3) is 0 Å². The molecule has 0 unspecified atom stereocenters. The smallest absolute Gasteiger partial charge is 0.223 e. The van der Waals surface area contributed by atoms with Gasteiger partial charge in [-0.2, -0.15) is 0 Å². The van der Waals surface area contributed by atoms with Crippen LogP contribution in [0.5, 0.6) is 0 Å². The molecule has 0 bridgehead atoms. The van der Waals surface area contributed by atoms with E-state index in [-0.39, 0.29) is 5.91 Å².